The Morgan fingerprint density at radius 2 is 1.84 bits per heavy atom. The zero-order chi connectivity index (χ0) is 14.8. The number of aromatic carboxylic acids is 1. The highest BCUT2D eigenvalue weighted by Gasteiger charge is 2.21. The van der Waals surface area contributed by atoms with Crippen molar-refractivity contribution < 1.29 is 24.5 Å². The van der Waals surface area contributed by atoms with Crippen LogP contribution in [0.4, 0.5) is 10.5 Å². The summed E-state index contributed by atoms with van der Waals surface area (Å²) < 4.78 is 5.16. The van der Waals surface area contributed by atoms with Crippen molar-refractivity contribution in [2.45, 2.75) is 26.4 Å². The van der Waals surface area contributed by atoms with Gasteiger partial charge < -0.3 is 14.9 Å². The molecule has 104 valence electrons. The summed E-state index contributed by atoms with van der Waals surface area (Å²) in [6, 6.07) is 3.86. The van der Waals surface area contributed by atoms with Crippen molar-refractivity contribution in [3.8, 4) is 5.75 Å². The summed E-state index contributed by atoms with van der Waals surface area (Å²) >= 11 is 0. The molecule has 6 nitrogen and oxygen atoms in total. The molecule has 6 heteroatoms. The van der Waals surface area contributed by atoms with Gasteiger partial charge in [-0.05, 0) is 32.9 Å². The number of benzene rings is 1. The Labute approximate surface area is 111 Å². The van der Waals surface area contributed by atoms with Gasteiger partial charge in [-0.3, -0.25) is 4.90 Å². The molecule has 1 amide bonds. The molecule has 1 aromatic rings. The third-order valence-electron chi connectivity index (χ3n) is 2.27. The molecule has 0 aliphatic carbocycles. The molecule has 0 aromatic heterocycles. The average molecular weight is 267 g/mol. The van der Waals surface area contributed by atoms with E-state index in [1.165, 1.54) is 30.1 Å². The van der Waals surface area contributed by atoms with Gasteiger partial charge in [0.1, 0.15) is 16.9 Å². The fourth-order valence-corrected chi connectivity index (χ4v) is 1.35. The Balaban J connectivity index is 2.95. The van der Waals surface area contributed by atoms with Crippen LogP contribution in [-0.4, -0.2) is 34.9 Å². The Morgan fingerprint density at radius 3 is 2.26 bits per heavy atom. The number of hydrogen-bond donors (Lipinski definition) is 2. The number of amides is 1. The molecule has 0 fully saturated rings. The maximum atomic E-state index is 11.8. The van der Waals surface area contributed by atoms with Crippen LogP contribution < -0.4 is 4.90 Å². The minimum atomic E-state index is -1.23. The SMILES string of the molecule is CN(C(=O)OC(C)(C)C)c1ccc(C(=O)O)c(O)c1. The first-order valence-electron chi connectivity index (χ1n) is 5.65. The van der Waals surface area contributed by atoms with E-state index >= 15 is 0 Å². The third kappa shape index (κ3) is 3.87. The number of anilines is 1. The topological polar surface area (TPSA) is 87.1 Å². The number of carbonyl (C=O) groups is 2. The third-order valence-corrected chi connectivity index (χ3v) is 2.27. The fourth-order valence-electron chi connectivity index (χ4n) is 1.35. The van der Waals surface area contributed by atoms with E-state index in [1.54, 1.807) is 20.8 Å². The van der Waals surface area contributed by atoms with Crippen LogP contribution in [0.5, 0.6) is 5.75 Å². The summed E-state index contributed by atoms with van der Waals surface area (Å²) in [6.07, 6.45) is -0.588. The Hall–Kier alpha value is -2.24. The van der Waals surface area contributed by atoms with Crippen LogP contribution in [-0.2, 0) is 4.74 Å². The maximum Gasteiger partial charge on any atom is 0.414 e. The van der Waals surface area contributed by atoms with E-state index < -0.39 is 23.4 Å². The second-order valence-corrected chi connectivity index (χ2v) is 5.05. The Bertz CT molecular complexity index is 504. The largest absolute Gasteiger partial charge is 0.507 e. The van der Waals surface area contributed by atoms with E-state index in [9.17, 15) is 14.7 Å². The molecule has 0 aliphatic heterocycles. The molecule has 0 saturated carbocycles. The zero-order valence-corrected chi connectivity index (χ0v) is 11.3. The lowest BCUT2D eigenvalue weighted by Gasteiger charge is -2.24. The summed E-state index contributed by atoms with van der Waals surface area (Å²) in [5.41, 5.74) is -0.507. The van der Waals surface area contributed by atoms with Gasteiger partial charge in [-0.1, -0.05) is 0 Å². The molecule has 1 rings (SSSR count). The van der Waals surface area contributed by atoms with Crippen LogP contribution in [0.25, 0.3) is 0 Å². The maximum absolute atomic E-state index is 11.8. The molecule has 0 spiro atoms. The summed E-state index contributed by atoms with van der Waals surface area (Å²) in [6.45, 7) is 5.22. The molecule has 0 bridgehead atoms. The molecule has 0 heterocycles. The molecular formula is C13H17NO5. The van der Waals surface area contributed by atoms with Crippen molar-refractivity contribution >= 4 is 17.7 Å². The fraction of sp³-hybridized carbons (Fsp3) is 0.385. The molecule has 0 unspecified atom stereocenters. The first-order chi connectivity index (χ1) is 8.61. The Morgan fingerprint density at radius 1 is 1.26 bits per heavy atom. The highest BCUT2D eigenvalue weighted by molar-refractivity contribution is 5.93. The lowest BCUT2D eigenvalue weighted by molar-refractivity contribution is 0.0588. The molecule has 19 heavy (non-hydrogen) atoms. The molecule has 0 radical (unpaired) electrons. The number of carboxylic acids is 1. The van der Waals surface area contributed by atoms with Gasteiger partial charge in [0.25, 0.3) is 0 Å². The van der Waals surface area contributed by atoms with E-state index in [0.29, 0.717) is 5.69 Å². The van der Waals surface area contributed by atoms with Gasteiger partial charge in [0.05, 0.1) is 5.69 Å². The highest BCUT2D eigenvalue weighted by atomic mass is 16.6. The number of carbonyl (C=O) groups excluding carboxylic acids is 1. The van der Waals surface area contributed by atoms with Gasteiger partial charge in [0.15, 0.2) is 0 Å². The molecule has 2 N–H and O–H groups in total. The minimum absolute atomic E-state index is 0.221. The summed E-state index contributed by atoms with van der Waals surface area (Å²) in [5.74, 6) is -1.63. The van der Waals surface area contributed by atoms with Crippen LogP contribution >= 0.6 is 0 Å². The predicted molar refractivity (Wildman–Crippen MR) is 69.7 cm³/mol. The lowest BCUT2D eigenvalue weighted by atomic mass is 10.1. The molecular weight excluding hydrogens is 250 g/mol. The van der Waals surface area contributed by atoms with Crippen LogP contribution in [0, 0.1) is 0 Å². The number of aromatic hydroxyl groups is 1. The number of phenols is 1. The first-order valence-corrected chi connectivity index (χ1v) is 5.65. The lowest BCUT2D eigenvalue weighted by Crippen LogP contribution is -2.34. The van der Waals surface area contributed by atoms with Gasteiger partial charge in [0, 0.05) is 13.1 Å². The van der Waals surface area contributed by atoms with Gasteiger partial charge in [0.2, 0.25) is 0 Å². The van der Waals surface area contributed by atoms with Crippen molar-refractivity contribution in [1.29, 1.82) is 0 Å². The standard InChI is InChI=1S/C13H17NO5/c1-13(2,3)19-12(18)14(4)8-5-6-9(11(16)17)10(15)7-8/h5-7,15H,1-4H3,(H,16,17). The number of rotatable bonds is 2. The van der Waals surface area contributed by atoms with Gasteiger partial charge in [-0.2, -0.15) is 0 Å². The number of nitrogens with zero attached hydrogens (tertiary/aromatic N) is 1. The van der Waals surface area contributed by atoms with E-state index in [0.717, 1.165) is 0 Å². The predicted octanol–water partition coefficient (Wildman–Crippen LogP) is 2.46. The van der Waals surface area contributed by atoms with Crippen molar-refractivity contribution in [1.82, 2.24) is 0 Å². The van der Waals surface area contributed by atoms with Crippen LogP contribution in [0.15, 0.2) is 18.2 Å². The monoisotopic (exact) mass is 267 g/mol. The van der Waals surface area contributed by atoms with Crippen molar-refractivity contribution in [3.63, 3.8) is 0 Å². The molecule has 1 aromatic carbocycles. The minimum Gasteiger partial charge on any atom is -0.507 e. The molecule has 0 atom stereocenters. The molecule has 0 saturated heterocycles. The summed E-state index contributed by atoms with van der Waals surface area (Å²) in [7, 11) is 1.48. The smallest absolute Gasteiger partial charge is 0.414 e. The number of carboxylic acid groups (broad SMARTS) is 1. The number of ether oxygens (including phenoxy) is 1. The average Bonchev–Trinajstić information content (AvgIpc) is 2.24. The second-order valence-electron chi connectivity index (χ2n) is 5.05. The van der Waals surface area contributed by atoms with Gasteiger partial charge >= 0.3 is 12.1 Å². The van der Waals surface area contributed by atoms with Crippen LogP contribution in [0.1, 0.15) is 31.1 Å². The molecule has 0 aliphatic rings. The van der Waals surface area contributed by atoms with E-state index in [-0.39, 0.29) is 5.56 Å². The second kappa shape index (κ2) is 5.17. The summed E-state index contributed by atoms with van der Waals surface area (Å²) in [4.78, 5) is 23.7. The normalized spacial score (nSPS) is 10.9. The van der Waals surface area contributed by atoms with Crippen molar-refractivity contribution in [3.05, 3.63) is 23.8 Å². The van der Waals surface area contributed by atoms with Crippen molar-refractivity contribution in [2.24, 2.45) is 0 Å². The van der Waals surface area contributed by atoms with Crippen LogP contribution in [0.2, 0.25) is 0 Å². The highest BCUT2D eigenvalue weighted by Crippen LogP contribution is 2.25. The van der Waals surface area contributed by atoms with Gasteiger partial charge in [-0.25, -0.2) is 9.59 Å². The van der Waals surface area contributed by atoms with E-state index in [1.807, 2.05) is 0 Å². The quantitative estimate of drug-likeness (QED) is 0.859. The first kappa shape index (κ1) is 14.8. The van der Waals surface area contributed by atoms with Crippen molar-refractivity contribution in [2.75, 3.05) is 11.9 Å². The van der Waals surface area contributed by atoms with E-state index in [2.05, 4.69) is 0 Å². The number of hydrogen-bond acceptors (Lipinski definition) is 4. The Kier molecular flexibility index (Phi) is 4.04. The van der Waals surface area contributed by atoms with Crippen LogP contribution in [0.3, 0.4) is 0 Å². The van der Waals surface area contributed by atoms with Gasteiger partial charge in [-0.15, -0.1) is 0 Å². The van der Waals surface area contributed by atoms with E-state index in [4.69, 9.17) is 9.84 Å². The summed E-state index contributed by atoms with van der Waals surface area (Å²) in [5, 5.41) is 18.4. The zero-order valence-electron chi connectivity index (χ0n) is 11.3.